The van der Waals surface area contributed by atoms with Crippen molar-refractivity contribution >= 4 is 10.0 Å². The highest BCUT2D eigenvalue weighted by atomic mass is 32.2. The van der Waals surface area contributed by atoms with E-state index < -0.39 is 10.0 Å². The Morgan fingerprint density at radius 3 is 2.35 bits per heavy atom. The van der Waals surface area contributed by atoms with Gasteiger partial charge in [0, 0.05) is 20.1 Å². The van der Waals surface area contributed by atoms with E-state index in [2.05, 4.69) is 5.10 Å². The lowest BCUT2D eigenvalue weighted by molar-refractivity contribution is 0.364. The number of nitrogens with two attached hydrogens (primary N) is 1. The second-order valence-corrected chi connectivity index (χ2v) is 7.40. The second-order valence-electron chi connectivity index (χ2n) is 5.52. The zero-order valence-corrected chi connectivity index (χ0v) is 13.9. The molecule has 0 spiro atoms. The summed E-state index contributed by atoms with van der Waals surface area (Å²) in [5.74, 6) is 0.264. The van der Waals surface area contributed by atoms with Gasteiger partial charge in [0.25, 0.3) is 0 Å². The number of rotatable bonds is 7. The molecule has 0 aliphatic carbocycles. The van der Waals surface area contributed by atoms with Crippen molar-refractivity contribution in [3.63, 3.8) is 0 Å². The number of aromatic nitrogens is 2. The summed E-state index contributed by atoms with van der Waals surface area (Å²) in [4.78, 5) is 0.331. The van der Waals surface area contributed by atoms with Crippen molar-refractivity contribution in [2.24, 2.45) is 18.7 Å². The number of aryl methyl sites for hydroxylation is 2. The fourth-order valence-electron chi connectivity index (χ4n) is 2.24. The third-order valence-corrected chi connectivity index (χ3v) is 5.34. The van der Waals surface area contributed by atoms with E-state index in [0.29, 0.717) is 42.3 Å². The molecule has 7 heteroatoms. The van der Waals surface area contributed by atoms with Crippen molar-refractivity contribution < 1.29 is 8.42 Å². The van der Waals surface area contributed by atoms with Gasteiger partial charge in [0.2, 0.25) is 10.0 Å². The van der Waals surface area contributed by atoms with Crippen LogP contribution in [0.3, 0.4) is 0 Å². The van der Waals surface area contributed by atoms with Gasteiger partial charge in [0.1, 0.15) is 4.90 Å². The molecule has 0 aliphatic heterocycles. The predicted molar refractivity (Wildman–Crippen MR) is 80.0 cm³/mol. The number of hydrogen-bond donors (Lipinski definition) is 1. The SMILES string of the molecule is Cc1nn(C)c(C)c1S(=O)(=O)N(CCCN)CC(C)C. The first-order valence-electron chi connectivity index (χ1n) is 6.92. The van der Waals surface area contributed by atoms with E-state index in [1.54, 1.807) is 25.6 Å². The minimum absolute atomic E-state index is 0.264. The highest BCUT2D eigenvalue weighted by Gasteiger charge is 2.30. The molecule has 0 saturated heterocycles. The van der Waals surface area contributed by atoms with Gasteiger partial charge in [-0.25, -0.2) is 8.42 Å². The summed E-state index contributed by atoms with van der Waals surface area (Å²) >= 11 is 0. The lowest BCUT2D eigenvalue weighted by Gasteiger charge is -2.24. The molecule has 0 bridgehead atoms. The second kappa shape index (κ2) is 6.69. The topological polar surface area (TPSA) is 81.2 Å². The maximum atomic E-state index is 12.9. The molecule has 1 rings (SSSR count). The number of hydrogen-bond acceptors (Lipinski definition) is 4. The van der Waals surface area contributed by atoms with Crippen LogP contribution in [0.15, 0.2) is 4.90 Å². The van der Waals surface area contributed by atoms with Gasteiger partial charge >= 0.3 is 0 Å². The Balaban J connectivity index is 3.21. The van der Waals surface area contributed by atoms with Gasteiger partial charge in [-0.2, -0.15) is 9.40 Å². The van der Waals surface area contributed by atoms with E-state index in [4.69, 9.17) is 5.73 Å². The zero-order chi connectivity index (χ0) is 15.5. The lowest BCUT2D eigenvalue weighted by atomic mass is 10.2. The van der Waals surface area contributed by atoms with E-state index in [-0.39, 0.29) is 5.92 Å². The molecule has 116 valence electrons. The maximum absolute atomic E-state index is 12.9. The Morgan fingerprint density at radius 2 is 1.95 bits per heavy atom. The molecular formula is C13H26N4O2S. The molecule has 0 saturated carbocycles. The molecule has 0 atom stereocenters. The molecule has 1 aromatic rings. The Kier molecular flexibility index (Phi) is 5.73. The van der Waals surface area contributed by atoms with Gasteiger partial charge in [-0.05, 0) is 32.7 Å². The van der Waals surface area contributed by atoms with Crippen LogP contribution in [-0.4, -0.2) is 42.1 Å². The quantitative estimate of drug-likeness (QED) is 0.815. The summed E-state index contributed by atoms with van der Waals surface area (Å²) < 4.78 is 28.9. The molecular weight excluding hydrogens is 276 g/mol. The van der Waals surface area contributed by atoms with Gasteiger partial charge in [-0.15, -0.1) is 0 Å². The largest absolute Gasteiger partial charge is 0.330 e. The summed E-state index contributed by atoms with van der Waals surface area (Å²) in [6.45, 7) is 8.96. The molecule has 1 aromatic heterocycles. The van der Waals surface area contributed by atoms with Gasteiger partial charge in [0.05, 0.1) is 11.4 Å². The Bertz CT molecular complexity index is 549. The average molecular weight is 302 g/mol. The molecule has 0 aromatic carbocycles. The van der Waals surface area contributed by atoms with Crippen molar-refractivity contribution in [1.82, 2.24) is 14.1 Å². The fourth-order valence-corrected chi connectivity index (χ4v) is 4.28. The predicted octanol–water partition coefficient (Wildman–Crippen LogP) is 1.03. The monoisotopic (exact) mass is 302 g/mol. The van der Waals surface area contributed by atoms with Crippen molar-refractivity contribution in [2.75, 3.05) is 19.6 Å². The standard InChI is InChI=1S/C13H26N4O2S/c1-10(2)9-17(8-6-7-14)20(18,19)13-11(3)15-16(5)12(13)4/h10H,6-9,14H2,1-5H3. The van der Waals surface area contributed by atoms with Crippen LogP contribution in [0.5, 0.6) is 0 Å². The summed E-state index contributed by atoms with van der Waals surface area (Å²) in [5, 5.41) is 4.20. The first kappa shape index (κ1) is 17.1. The van der Waals surface area contributed by atoms with Crippen LogP contribution < -0.4 is 5.73 Å². The van der Waals surface area contributed by atoms with Gasteiger partial charge in [-0.3, -0.25) is 4.68 Å². The summed E-state index contributed by atoms with van der Waals surface area (Å²) in [7, 11) is -1.76. The van der Waals surface area contributed by atoms with Crippen molar-refractivity contribution in [3.8, 4) is 0 Å². The first-order valence-corrected chi connectivity index (χ1v) is 8.36. The molecule has 20 heavy (non-hydrogen) atoms. The minimum atomic E-state index is -3.51. The first-order chi connectivity index (χ1) is 9.21. The Morgan fingerprint density at radius 1 is 1.35 bits per heavy atom. The normalized spacial score (nSPS) is 12.6. The Hall–Kier alpha value is -0.920. The smallest absolute Gasteiger partial charge is 0.246 e. The minimum Gasteiger partial charge on any atom is -0.330 e. The van der Waals surface area contributed by atoms with E-state index in [0.717, 1.165) is 0 Å². The zero-order valence-electron chi connectivity index (χ0n) is 13.0. The summed E-state index contributed by atoms with van der Waals surface area (Å²) in [6.07, 6.45) is 0.657. The Labute approximate surface area is 122 Å². The van der Waals surface area contributed by atoms with Crippen molar-refractivity contribution in [2.45, 2.75) is 39.0 Å². The molecule has 0 unspecified atom stereocenters. The molecule has 2 N–H and O–H groups in total. The average Bonchev–Trinajstić information content (AvgIpc) is 2.58. The van der Waals surface area contributed by atoms with E-state index >= 15 is 0 Å². The highest BCUT2D eigenvalue weighted by Crippen LogP contribution is 2.23. The van der Waals surface area contributed by atoms with Gasteiger partial charge in [-0.1, -0.05) is 13.8 Å². The van der Waals surface area contributed by atoms with Crippen LogP contribution in [0.2, 0.25) is 0 Å². The van der Waals surface area contributed by atoms with Crippen LogP contribution in [-0.2, 0) is 17.1 Å². The summed E-state index contributed by atoms with van der Waals surface area (Å²) in [6, 6.07) is 0. The van der Waals surface area contributed by atoms with Crippen molar-refractivity contribution in [1.29, 1.82) is 0 Å². The molecule has 0 amide bonds. The van der Waals surface area contributed by atoms with Gasteiger partial charge in [0.15, 0.2) is 0 Å². The molecule has 6 nitrogen and oxygen atoms in total. The lowest BCUT2D eigenvalue weighted by Crippen LogP contribution is -2.36. The fraction of sp³-hybridized carbons (Fsp3) is 0.769. The van der Waals surface area contributed by atoms with Gasteiger partial charge < -0.3 is 5.73 Å². The van der Waals surface area contributed by atoms with Crippen LogP contribution in [0, 0.1) is 19.8 Å². The van der Waals surface area contributed by atoms with E-state index in [1.807, 2.05) is 13.8 Å². The van der Waals surface area contributed by atoms with E-state index in [9.17, 15) is 8.42 Å². The van der Waals surface area contributed by atoms with Crippen molar-refractivity contribution in [3.05, 3.63) is 11.4 Å². The van der Waals surface area contributed by atoms with Crippen LogP contribution in [0.1, 0.15) is 31.7 Å². The molecule has 1 heterocycles. The van der Waals surface area contributed by atoms with Crippen LogP contribution in [0.25, 0.3) is 0 Å². The van der Waals surface area contributed by atoms with Crippen LogP contribution >= 0.6 is 0 Å². The molecule has 0 radical (unpaired) electrons. The third kappa shape index (κ3) is 3.59. The number of nitrogens with zero attached hydrogens (tertiary/aromatic N) is 3. The molecule has 0 fully saturated rings. The van der Waals surface area contributed by atoms with E-state index in [1.165, 1.54) is 4.31 Å². The number of sulfonamides is 1. The summed E-state index contributed by atoms with van der Waals surface area (Å²) in [5.41, 5.74) is 6.73. The maximum Gasteiger partial charge on any atom is 0.246 e. The van der Waals surface area contributed by atoms with Crippen LogP contribution in [0.4, 0.5) is 0 Å². The third-order valence-electron chi connectivity index (χ3n) is 3.22. The molecule has 0 aliphatic rings. The highest BCUT2D eigenvalue weighted by molar-refractivity contribution is 7.89.